The van der Waals surface area contributed by atoms with Crippen molar-refractivity contribution in [1.82, 2.24) is 4.90 Å². The second-order valence-corrected chi connectivity index (χ2v) is 5.56. The molecule has 0 saturated carbocycles. The molecule has 112 valence electrons. The summed E-state index contributed by atoms with van der Waals surface area (Å²) in [6, 6.07) is 2.86. The van der Waals surface area contributed by atoms with Crippen molar-refractivity contribution in [2.45, 2.75) is 11.7 Å². The Morgan fingerprint density at radius 2 is 2.19 bits per heavy atom. The Morgan fingerprint density at radius 1 is 1.48 bits per heavy atom. The lowest BCUT2D eigenvalue weighted by molar-refractivity contribution is -0.127. The molecule has 1 saturated heterocycles. The molecular formula is C13H13F2N3O2S. The largest absolute Gasteiger partial charge is 0.324 e. The van der Waals surface area contributed by atoms with E-state index in [1.165, 1.54) is 16.7 Å². The van der Waals surface area contributed by atoms with Gasteiger partial charge in [0.2, 0.25) is 11.8 Å². The van der Waals surface area contributed by atoms with Crippen molar-refractivity contribution in [3.63, 3.8) is 0 Å². The summed E-state index contributed by atoms with van der Waals surface area (Å²) in [4.78, 5) is 29.1. The van der Waals surface area contributed by atoms with Crippen LogP contribution in [-0.2, 0) is 9.59 Å². The summed E-state index contributed by atoms with van der Waals surface area (Å²) in [6.07, 6.45) is -0.107. The molecule has 1 fully saturated rings. The average Bonchev–Trinajstić information content (AvgIpc) is 2.70. The van der Waals surface area contributed by atoms with E-state index >= 15 is 0 Å². The number of anilines is 1. The summed E-state index contributed by atoms with van der Waals surface area (Å²) < 4.78 is 26.2. The third-order valence-electron chi connectivity index (χ3n) is 2.91. The number of amides is 2. The van der Waals surface area contributed by atoms with Crippen LogP contribution in [0.3, 0.4) is 0 Å². The zero-order valence-electron chi connectivity index (χ0n) is 11.4. The van der Waals surface area contributed by atoms with Crippen molar-refractivity contribution < 1.29 is 18.4 Å². The molecule has 5 nitrogen and oxygen atoms in total. The lowest BCUT2D eigenvalue weighted by Crippen LogP contribution is -2.30. The Morgan fingerprint density at radius 3 is 2.76 bits per heavy atom. The monoisotopic (exact) mass is 313 g/mol. The number of carbonyl (C=O) groups is 2. The van der Waals surface area contributed by atoms with Gasteiger partial charge in [0, 0.05) is 26.6 Å². The van der Waals surface area contributed by atoms with E-state index in [9.17, 15) is 18.4 Å². The molecule has 1 aliphatic rings. The molecule has 0 bridgehead atoms. The SMILES string of the molecule is CN=C1SC(CC(=O)Nc2ccc(F)cc2F)C(=O)N1C. The lowest BCUT2D eigenvalue weighted by Gasteiger charge is -2.09. The van der Waals surface area contributed by atoms with E-state index in [4.69, 9.17) is 0 Å². The quantitative estimate of drug-likeness (QED) is 0.926. The van der Waals surface area contributed by atoms with E-state index in [0.29, 0.717) is 11.2 Å². The van der Waals surface area contributed by atoms with Crippen molar-refractivity contribution in [2.75, 3.05) is 19.4 Å². The van der Waals surface area contributed by atoms with Gasteiger partial charge in [-0.3, -0.25) is 19.5 Å². The maximum atomic E-state index is 13.4. The summed E-state index contributed by atoms with van der Waals surface area (Å²) in [5.41, 5.74) is -0.116. The number of benzene rings is 1. The van der Waals surface area contributed by atoms with Crippen molar-refractivity contribution in [2.24, 2.45) is 4.99 Å². The van der Waals surface area contributed by atoms with Crippen LogP contribution in [-0.4, -0.2) is 41.2 Å². The first-order chi connectivity index (χ1) is 9.92. The van der Waals surface area contributed by atoms with Gasteiger partial charge in [0.1, 0.15) is 16.9 Å². The van der Waals surface area contributed by atoms with Gasteiger partial charge in [-0.25, -0.2) is 8.78 Å². The van der Waals surface area contributed by atoms with Crippen LogP contribution in [0.2, 0.25) is 0 Å². The molecule has 1 unspecified atom stereocenters. The highest BCUT2D eigenvalue weighted by Crippen LogP contribution is 2.28. The molecule has 1 atom stereocenters. The average molecular weight is 313 g/mol. The Labute approximate surface area is 124 Å². The van der Waals surface area contributed by atoms with E-state index in [0.717, 1.165) is 12.1 Å². The van der Waals surface area contributed by atoms with Gasteiger partial charge in [0.05, 0.1) is 5.69 Å². The molecule has 2 rings (SSSR count). The van der Waals surface area contributed by atoms with Crippen LogP contribution in [0.4, 0.5) is 14.5 Å². The van der Waals surface area contributed by atoms with Crippen LogP contribution in [0.5, 0.6) is 0 Å². The number of carbonyl (C=O) groups excluding carboxylic acids is 2. The number of aliphatic imine (C=N–C) groups is 1. The Hall–Kier alpha value is -1.96. The third-order valence-corrected chi connectivity index (χ3v) is 4.23. The number of nitrogens with one attached hydrogen (secondary N) is 1. The molecule has 2 amide bonds. The van der Waals surface area contributed by atoms with Crippen molar-refractivity contribution >= 4 is 34.4 Å². The fourth-order valence-electron chi connectivity index (χ4n) is 1.86. The van der Waals surface area contributed by atoms with Crippen LogP contribution in [0.25, 0.3) is 0 Å². The number of halogens is 2. The highest BCUT2D eigenvalue weighted by molar-refractivity contribution is 8.15. The van der Waals surface area contributed by atoms with Crippen LogP contribution < -0.4 is 5.32 Å². The normalized spacial score (nSPS) is 20.2. The van der Waals surface area contributed by atoms with Crippen LogP contribution >= 0.6 is 11.8 Å². The van der Waals surface area contributed by atoms with E-state index in [-0.39, 0.29) is 18.0 Å². The van der Waals surface area contributed by atoms with Crippen molar-refractivity contribution in [3.05, 3.63) is 29.8 Å². The van der Waals surface area contributed by atoms with E-state index in [2.05, 4.69) is 10.3 Å². The smallest absolute Gasteiger partial charge is 0.242 e. The van der Waals surface area contributed by atoms with E-state index in [1.807, 2.05) is 0 Å². The van der Waals surface area contributed by atoms with Crippen LogP contribution in [0.15, 0.2) is 23.2 Å². The maximum Gasteiger partial charge on any atom is 0.242 e. The maximum absolute atomic E-state index is 13.4. The predicted molar refractivity (Wildman–Crippen MR) is 77.1 cm³/mol. The molecule has 21 heavy (non-hydrogen) atoms. The van der Waals surface area contributed by atoms with Gasteiger partial charge in [-0.1, -0.05) is 11.8 Å². The molecule has 1 aromatic rings. The molecule has 8 heteroatoms. The van der Waals surface area contributed by atoms with Gasteiger partial charge in [0.25, 0.3) is 0 Å². The van der Waals surface area contributed by atoms with E-state index in [1.54, 1.807) is 14.1 Å². The molecule has 0 spiro atoms. The van der Waals surface area contributed by atoms with Gasteiger partial charge in [-0.2, -0.15) is 0 Å². The van der Waals surface area contributed by atoms with E-state index < -0.39 is 22.8 Å². The summed E-state index contributed by atoms with van der Waals surface area (Å²) >= 11 is 1.18. The zero-order valence-corrected chi connectivity index (χ0v) is 12.2. The standard InChI is InChI=1S/C13H13F2N3O2S/c1-16-13-18(2)12(20)10(21-13)6-11(19)17-9-4-3-7(14)5-8(9)15/h3-5,10H,6H2,1-2H3,(H,17,19). The van der Waals surface area contributed by atoms with Crippen LogP contribution in [0.1, 0.15) is 6.42 Å². The number of hydrogen-bond donors (Lipinski definition) is 1. The zero-order chi connectivity index (χ0) is 15.6. The minimum Gasteiger partial charge on any atom is -0.324 e. The summed E-state index contributed by atoms with van der Waals surface area (Å²) in [5, 5.41) is 2.28. The first-order valence-corrected chi connectivity index (χ1v) is 6.96. The van der Waals surface area contributed by atoms with Gasteiger partial charge >= 0.3 is 0 Å². The second kappa shape index (κ2) is 6.21. The Balaban J connectivity index is 2.01. The first-order valence-electron chi connectivity index (χ1n) is 6.08. The summed E-state index contributed by atoms with van der Waals surface area (Å²) in [7, 11) is 3.14. The number of amidine groups is 1. The minimum absolute atomic E-state index is 0.107. The first kappa shape index (κ1) is 15.4. The molecule has 1 N–H and O–H groups in total. The second-order valence-electron chi connectivity index (χ2n) is 4.39. The fraction of sp³-hybridized carbons (Fsp3) is 0.308. The van der Waals surface area contributed by atoms with Crippen molar-refractivity contribution in [3.8, 4) is 0 Å². The molecule has 0 aliphatic carbocycles. The predicted octanol–water partition coefficient (Wildman–Crippen LogP) is 1.85. The number of nitrogens with zero attached hydrogens (tertiary/aromatic N) is 2. The van der Waals surface area contributed by atoms with Gasteiger partial charge in [0.15, 0.2) is 5.17 Å². The summed E-state index contributed by atoms with van der Waals surface area (Å²) in [6.45, 7) is 0. The molecule has 1 aliphatic heterocycles. The molecule has 1 heterocycles. The third kappa shape index (κ3) is 3.38. The molecule has 0 aromatic heterocycles. The number of hydrogen-bond acceptors (Lipinski definition) is 4. The number of thioether (sulfide) groups is 1. The fourth-order valence-corrected chi connectivity index (χ4v) is 2.96. The molecule has 0 radical (unpaired) electrons. The number of rotatable bonds is 3. The highest BCUT2D eigenvalue weighted by atomic mass is 32.2. The highest BCUT2D eigenvalue weighted by Gasteiger charge is 2.36. The minimum atomic E-state index is -0.860. The van der Waals surface area contributed by atoms with Gasteiger partial charge in [-0.15, -0.1) is 0 Å². The Bertz CT molecular complexity index is 621. The van der Waals surface area contributed by atoms with Gasteiger partial charge < -0.3 is 5.32 Å². The summed E-state index contributed by atoms with van der Waals surface area (Å²) in [5.74, 6) is -2.33. The molecule has 1 aromatic carbocycles. The van der Waals surface area contributed by atoms with Gasteiger partial charge in [-0.05, 0) is 12.1 Å². The Kier molecular flexibility index (Phi) is 4.56. The van der Waals surface area contributed by atoms with Crippen molar-refractivity contribution in [1.29, 1.82) is 0 Å². The van der Waals surface area contributed by atoms with Crippen LogP contribution in [0, 0.1) is 11.6 Å². The molecular weight excluding hydrogens is 300 g/mol. The lowest BCUT2D eigenvalue weighted by atomic mass is 10.2. The topological polar surface area (TPSA) is 61.8 Å².